The van der Waals surface area contributed by atoms with Gasteiger partial charge in [0.1, 0.15) is 12.0 Å². The van der Waals surface area contributed by atoms with Crippen molar-refractivity contribution in [1.29, 1.82) is 0 Å². The number of hydrogen-bond donors (Lipinski definition) is 1. The molecule has 0 fully saturated rings. The van der Waals surface area contributed by atoms with Crippen LogP contribution in [0.1, 0.15) is 6.92 Å². The summed E-state index contributed by atoms with van der Waals surface area (Å²) in [6.07, 6.45) is -2.57. The molecule has 0 spiro atoms. The number of carbonyl (C=O) groups is 2. The zero-order valence-corrected chi connectivity index (χ0v) is 13.0. The summed E-state index contributed by atoms with van der Waals surface area (Å²) >= 11 is 0. The van der Waals surface area contributed by atoms with Gasteiger partial charge in [-0.2, -0.15) is 10.1 Å². The number of halogens is 3. The number of anilines is 1. The normalized spacial score (nSPS) is 17.4. The van der Waals surface area contributed by atoms with E-state index in [1.807, 2.05) is 0 Å². The van der Waals surface area contributed by atoms with Gasteiger partial charge in [-0.15, -0.1) is 13.2 Å². The standard InChI is InChI=1S/C15H10F3N3O5/c1-7-11(14(23)24)13(22)21(20-7)8-2-3-10(26-15(16,17)18)9(6-8)12-19-4-5-25-12/h2-6,11H,1H3,(H,23,24). The molecule has 0 aliphatic carbocycles. The minimum atomic E-state index is -4.95. The van der Waals surface area contributed by atoms with Crippen molar-refractivity contribution in [2.75, 3.05) is 5.01 Å². The largest absolute Gasteiger partial charge is 0.573 e. The molecule has 3 rings (SSSR count). The SMILES string of the molecule is CC1=NN(c2ccc(OC(F)(F)F)c(-c3ncco3)c2)C(=O)C1C(=O)O. The van der Waals surface area contributed by atoms with Crippen LogP contribution in [0, 0.1) is 5.92 Å². The average molecular weight is 369 g/mol. The maximum atomic E-state index is 12.6. The predicted octanol–water partition coefficient (Wildman–Crippen LogP) is 2.66. The first-order valence-electron chi connectivity index (χ1n) is 7.09. The zero-order chi connectivity index (χ0) is 19.1. The number of hydrogen-bond acceptors (Lipinski definition) is 6. The van der Waals surface area contributed by atoms with Gasteiger partial charge in [-0.3, -0.25) is 9.59 Å². The second-order valence-electron chi connectivity index (χ2n) is 5.23. The number of rotatable bonds is 4. The first-order chi connectivity index (χ1) is 12.2. The minimum absolute atomic E-state index is 0.0424. The molecule has 1 atom stereocenters. The van der Waals surface area contributed by atoms with Gasteiger partial charge in [0.2, 0.25) is 5.89 Å². The smallest absolute Gasteiger partial charge is 0.480 e. The molecule has 8 nitrogen and oxygen atoms in total. The van der Waals surface area contributed by atoms with Crippen LogP contribution in [-0.2, 0) is 9.59 Å². The lowest BCUT2D eigenvalue weighted by Crippen LogP contribution is -2.32. The summed E-state index contributed by atoms with van der Waals surface area (Å²) in [6.45, 7) is 1.37. The highest BCUT2D eigenvalue weighted by molar-refractivity contribution is 6.25. The van der Waals surface area contributed by atoms with Crippen LogP contribution in [0.5, 0.6) is 5.75 Å². The van der Waals surface area contributed by atoms with Crippen molar-refractivity contribution < 1.29 is 37.0 Å². The van der Waals surface area contributed by atoms with E-state index in [0.29, 0.717) is 0 Å². The van der Waals surface area contributed by atoms with Crippen molar-refractivity contribution >= 4 is 23.3 Å². The molecule has 1 aromatic heterocycles. The lowest BCUT2D eigenvalue weighted by Gasteiger charge is -2.16. The summed E-state index contributed by atoms with van der Waals surface area (Å²) in [5.41, 5.74) is -0.0825. The van der Waals surface area contributed by atoms with Crippen molar-refractivity contribution in [3.8, 4) is 17.2 Å². The molecule has 0 saturated heterocycles. The summed E-state index contributed by atoms with van der Waals surface area (Å²) in [5.74, 6) is -4.42. The van der Waals surface area contributed by atoms with Crippen LogP contribution < -0.4 is 9.75 Å². The molecule has 0 radical (unpaired) electrons. The number of carboxylic acid groups (broad SMARTS) is 1. The zero-order valence-electron chi connectivity index (χ0n) is 13.0. The maximum absolute atomic E-state index is 12.6. The van der Waals surface area contributed by atoms with E-state index in [0.717, 1.165) is 29.5 Å². The summed E-state index contributed by atoms with van der Waals surface area (Å²) in [4.78, 5) is 27.2. The van der Waals surface area contributed by atoms with E-state index in [-0.39, 0.29) is 22.9 Å². The maximum Gasteiger partial charge on any atom is 0.573 e. The number of carbonyl (C=O) groups excluding carboxylic acids is 1. The lowest BCUT2D eigenvalue weighted by atomic mass is 10.1. The number of nitrogens with zero attached hydrogens (tertiary/aromatic N) is 3. The molecule has 2 aromatic rings. The fourth-order valence-corrected chi connectivity index (χ4v) is 2.42. The van der Waals surface area contributed by atoms with E-state index in [1.54, 1.807) is 0 Å². The van der Waals surface area contributed by atoms with Crippen molar-refractivity contribution in [3.05, 3.63) is 30.7 Å². The number of amides is 1. The summed E-state index contributed by atoms with van der Waals surface area (Å²) in [5, 5.41) is 13.8. The minimum Gasteiger partial charge on any atom is -0.480 e. The number of oxazole rings is 1. The number of alkyl halides is 3. The average Bonchev–Trinajstić information content (AvgIpc) is 3.14. The Morgan fingerprint density at radius 3 is 2.65 bits per heavy atom. The van der Waals surface area contributed by atoms with Gasteiger partial charge in [0.15, 0.2) is 5.92 Å². The number of carboxylic acids is 1. The molecule has 2 heterocycles. The molecule has 1 N–H and O–H groups in total. The van der Waals surface area contributed by atoms with E-state index in [1.165, 1.54) is 13.1 Å². The van der Waals surface area contributed by atoms with Crippen LogP contribution in [0.15, 0.2) is 40.2 Å². The fourth-order valence-electron chi connectivity index (χ4n) is 2.42. The fraction of sp³-hybridized carbons (Fsp3) is 0.200. The topological polar surface area (TPSA) is 105 Å². The van der Waals surface area contributed by atoms with Gasteiger partial charge in [-0.05, 0) is 25.1 Å². The second kappa shape index (κ2) is 6.17. The van der Waals surface area contributed by atoms with Crippen LogP contribution in [0.3, 0.4) is 0 Å². The molecule has 0 saturated carbocycles. The monoisotopic (exact) mass is 369 g/mol. The van der Waals surface area contributed by atoms with Gasteiger partial charge < -0.3 is 14.3 Å². The Morgan fingerprint density at radius 2 is 2.12 bits per heavy atom. The lowest BCUT2D eigenvalue weighted by molar-refractivity contribution is -0.274. The Hall–Kier alpha value is -3.37. The van der Waals surface area contributed by atoms with E-state index in [4.69, 9.17) is 9.52 Å². The molecule has 136 valence electrons. The van der Waals surface area contributed by atoms with E-state index >= 15 is 0 Å². The Bertz CT molecular complexity index is 892. The number of aliphatic carboxylic acids is 1. The molecule has 1 amide bonds. The van der Waals surface area contributed by atoms with E-state index in [9.17, 15) is 22.8 Å². The van der Waals surface area contributed by atoms with Crippen LogP contribution >= 0.6 is 0 Å². The van der Waals surface area contributed by atoms with Gasteiger partial charge in [0.05, 0.1) is 23.2 Å². The molecule has 0 bridgehead atoms. The second-order valence-corrected chi connectivity index (χ2v) is 5.23. The number of hydrazone groups is 1. The van der Waals surface area contributed by atoms with Crippen LogP contribution in [0.2, 0.25) is 0 Å². The molecule has 11 heteroatoms. The van der Waals surface area contributed by atoms with Crippen LogP contribution in [0.25, 0.3) is 11.5 Å². The highest BCUT2D eigenvalue weighted by atomic mass is 19.4. The highest BCUT2D eigenvalue weighted by Gasteiger charge is 2.40. The van der Waals surface area contributed by atoms with Gasteiger partial charge in [0.25, 0.3) is 5.91 Å². The number of benzene rings is 1. The predicted molar refractivity (Wildman–Crippen MR) is 80.3 cm³/mol. The Labute approximate surface area is 143 Å². The van der Waals surface area contributed by atoms with Crippen LogP contribution in [-0.4, -0.2) is 34.0 Å². The van der Waals surface area contributed by atoms with Crippen molar-refractivity contribution in [2.45, 2.75) is 13.3 Å². The highest BCUT2D eigenvalue weighted by Crippen LogP contribution is 2.37. The van der Waals surface area contributed by atoms with Crippen molar-refractivity contribution in [3.63, 3.8) is 0 Å². The molecular formula is C15H10F3N3O5. The summed E-state index contributed by atoms with van der Waals surface area (Å²) in [7, 11) is 0. The first-order valence-corrected chi connectivity index (χ1v) is 7.09. The Balaban J connectivity index is 2.04. The van der Waals surface area contributed by atoms with E-state index < -0.39 is 29.9 Å². The molecule has 1 aliphatic heterocycles. The van der Waals surface area contributed by atoms with Gasteiger partial charge >= 0.3 is 12.3 Å². The van der Waals surface area contributed by atoms with Crippen molar-refractivity contribution in [1.82, 2.24) is 4.98 Å². The molecule has 26 heavy (non-hydrogen) atoms. The van der Waals surface area contributed by atoms with Gasteiger partial charge in [-0.1, -0.05) is 0 Å². The first kappa shape index (κ1) is 17.5. The third kappa shape index (κ3) is 3.23. The number of aromatic nitrogens is 1. The molecule has 1 unspecified atom stereocenters. The summed E-state index contributed by atoms with van der Waals surface area (Å²) < 4.78 is 46.7. The van der Waals surface area contributed by atoms with Crippen molar-refractivity contribution in [2.24, 2.45) is 11.0 Å². The van der Waals surface area contributed by atoms with Gasteiger partial charge in [0, 0.05) is 0 Å². The molecule has 1 aromatic carbocycles. The quantitative estimate of drug-likeness (QED) is 0.831. The van der Waals surface area contributed by atoms with Gasteiger partial charge in [-0.25, -0.2) is 4.98 Å². The summed E-state index contributed by atoms with van der Waals surface area (Å²) in [6, 6.07) is 3.26. The van der Waals surface area contributed by atoms with E-state index in [2.05, 4.69) is 14.8 Å². The Morgan fingerprint density at radius 1 is 1.38 bits per heavy atom. The third-order valence-electron chi connectivity index (χ3n) is 3.47. The molecular weight excluding hydrogens is 359 g/mol. The number of ether oxygens (including phenoxy) is 1. The molecule has 1 aliphatic rings. The van der Waals surface area contributed by atoms with Crippen LogP contribution in [0.4, 0.5) is 18.9 Å². The third-order valence-corrected chi connectivity index (χ3v) is 3.47. The Kier molecular flexibility index (Phi) is 4.14.